The van der Waals surface area contributed by atoms with Crippen LogP contribution in [0.2, 0.25) is 0 Å². The standard InChI is InChI=1S/C18H15NO3S/c1-12-7-10-18(13(2)11-12)23(21,22)19-16-8-9-17(20)15-6-4-3-5-14(15)16/h3-11H,1-2H3. The number of fused-ring (bicyclic) bond motifs is 1. The van der Waals surface area contributed by atoms with Crippen LogP contribution in [0.1, 0.15) is 27.0 Å². The van der Waals surface area contributed by atoms with E-state index in [1.807, 2.05) is 6.92 Å². The lowest BCUT2D eigenvalue weighted by Gasteiger charge is -2.12. The number of hydrogen-bond acceptors (Lipinski definition) is 3. The van der Waals surface area contributed by atoms with Crippen LogP contribution in [0.15, 0.2) is 63.9 Å². The van der Waals surface area contributed by atoms with Gasteiger partial charge in [0.25, 0.3) is 10.0 Å². The van der Waals surface area contributed by atoms with Gasteiger partial charge in [0, 0.05) is 11.1 Å². The van der Waals surface area contributed by atoms with E-state index >= 15 is 0 Å². The average Bonchev–Trinajstić information content (AvgIpc) is 2.50. The minimum Gasteiger partial charge on any atom is -0.289 e. The highest BCUT2D eigenvalue weighted by atomic mass is 32.2. The first-order valence-electron chi connectivity index (χ1n) is 7.12. The maximum atomic E-state index is 12.6. The van der Waals surface area contributed by atoms with Gasteiger partial charge < -0.3 is 0 Å². The van der Waals surface area contributed by atoms with Crippen molar-refractivity contribution in [2.24, 2.45) is 4.40 Å². The number of carbonyl (C=O) groups excluding carboxylic acids is 1. The van der Waals surface area contributed by atoms with Gasteiger partial charge in [-0.3, -0.25) is 4.79 Å². The van der Waals surface area contributed by atoms with Crippen LogP contribution in [0, 0.1) is 13.8 Å². The number of sulfonamides is 1. The third-order valence-corrected chi connectivity index (χ3v) is 5.14. The summed E-state index contributed by atoms with van der Waals surface area (Å²) in [5.74, 6) is -0.150. The van der Waals surface area contributed by atoms with Gasteiger partial charge in [-0.2, -0.15) is 12.8 Å². The van der Waals surface area contributed by atoms with Crippen molar-refractivity contribution in [1.82, 2.24) is 0 Å². The smallest absolute Gasteiger partial charge is 0.283 e. The molecule has 1 aliphatic carbocycles. The molecule has 0 aliphatic heterocycles. The molecule has 0 spiro atoms. The molecule has 0 N–H and O–H groups in total. The lowest BCUT2D eigenvalue weighted by Crippen LogP contribution is -2.14. The van der Waals surface area contributed by atoms with Crippen LogP contribution in [0.3, 0.4) is 0 Å². The molecule has 3 rings (SSSR count). The Morgan fingerprint density at radius 1 is 0.913 bits per heavy atom. The van der Waals surface area contributed by atoms with Crippen molar-refractivity contribution >= 4 is 21.5 Å². The van der Waals surface area contributed by atoms with Gasteiger partial charge in [0.2, 0.25) is 0 Å². The summed E-state index contributed by atoms with van der Waals surface area (Å²) in [6.45, 7) is 3.65. The second kappa shape index (κ2) is 5.59. The number of hydrogen-bond donors (Lipinski definition) is 0. The Morgan fingerprint density at radius 3 is 2.30 bits per heavy atom. The Morgan fingerprint density at radius 2 is 1.61 bits per heavy atom. The average molecular weight is 325 g/mol. The number of rotatable bonds is 2. The first-order valence-corrected chi connectivity index (χ1v) is 8.56. The molecule has 2 aromatic carbocycles. The van der Waals surface area contributed by atoms with Gasteiger partial charge in [-0.1, -0.05) is 42.0 Å². The highest BCUT2D eigenvalue weighted by Gasteiger charge is 2.21. The molecule has 0 unspecified atom stereocenters. The number of ketones is 1. The van der Waals surface area contributed by atoms with Crippen molar-refractivity contribution < 1.29 is 13.2 Å². The molecule has 5 heteroatoms. The number of nitrogens with zero attached hydrogens (tertiary/aromatic N) is 1. The fourth-order valence-electron chi connectivity index (χ4n) is 2.60. The molecule has 0 bridgehead atoms. The normalized spacial score (nSPS) is 15.7. The molecule has 0 fully saturated rings. The van der Waals surface area contributed by atoms with Gasteiger partial charge in [-0.25, -0.2) is 0 Å². The summed E-state index contributed by atoms with van der Waals surface area (Å²) in [7, 11) is -3.84. The Balaban J connectivity index is 2.14. The molecule has 0 saturated heterocycles. The largest absolute Gasteiger partial charge is 0.289 e. The zero-order valence-corrected chi connectivity index (χ0v) is 13.6. The Hall–Kier alpha value is -2.53. The van der Waals surface area contributed by atoms with E-state index in [1.54, 1.807) is 49.4 Å². The SMILES string of the molecule is Cc1ccc(S(=O)(=O)N=C2C=CC(=O)c3ccccc32)c(C)c1. The van der Waals surface area contributed by atoms with E-state index in [1.165, 1.54) is 12.2 Å². The van der Waals surface area contributed by atoms with Gasteiger partial charge in [-0.05, 0) is 37.6 Å². The Kier molecular flexibility index (Phi) is 3.74. The monoisotopic (exact) mass is 325 g/mol. The fraction of sp³-hybridized carbons (Fsp3) is 0.111. The van der Waals surface area contributed by atoms with Crippen LogP contribution < -0.4 is 0 Å². The minimum absolute atomic E-state index is 0.150. The Bertz CT molecular complexity index is 970. The molecule has 0 atom stereocenters. The predicted octanol–water partition coefficient (Wildman–Crippen LogP) is 3.23. The predicted molar refractivity (Wildman–Crippen MR) is 89.6 cm³/mol. The maximum absolute atomic E-state index is 12.6. The first kappa shape index (κ1) is 15.4. The highest BCUT2D eigenvalue weighted by Crippen LogP contribution is 2.22. The molecule has 0 radical (unpaired) electrons. The van der Waals surface area contributed by atoms with Crippen LogP contribution >= 0.6 is 0 Å². The first-order chi connectivity index (χ1) is 10.9. The molecule has 116 valence electrons. The van der Waals surface area contributed by atoms with Gasteiger partial charge in [0.15, 0.2) is 5.78 Å². The van der Waals surface area contributed by atoms with E-state index in [9.17, 15) is 13.2 Å². The van der Waals surface area contributed by atoms with Crippen molar-refractivity contribution in [3.63, 3.8) is 0 Å². The van der Waals surface area contributed by atoms with Crippen molar-refractivity contribution in [3.8, 4) is 0 Å². The zero-order valence-electron chi connectivity index (χ0n) is 12.8. The lowest BCUT2D eigenvalue weighted by atomic mass is 9.95. The van der Waals surface area contributed by atoms with E-state index in [4.69, 9.17) is 0 Å². The van der Waals surface area contributed by atoms with E-state index in [0.717, 1.165) is 5.56 Å². The summed E-state index contributed by atoms with van der Waals surface area (Å²) in [5, 5.41) is 0. The summed E-state index contributed by atoms with van der Waals surface area (Å²) in [6.07, 6.45) is 2.80. The van der Waals surface area contributed by atoms with Crippen LogP contribution in [0.25, 0.3) is 0 Å². The van der Waals surface area contributed by atoms with Gasteiger partial charge in [0.05, 0.1) is 10.6 Å². The summed E-state index contributed by atoms with van der Waals surface area (Å²) in [5.41, 5.74) is 2.92. The van der Waals surface area contributed by atoms with E-state index in [0.29, 0.717) is 16.7 Å². The summed E-state index contributed by atoms with van der Waals surface area (Å²) >= 11 is 0. The number of carbonyl (C=O) groups is 1. The molecule has 1 aliphatic rings. The number of benzene rings is 2. The molecule has 0 amide bonds. The van der Waals surface area contributed by atoms with Crippen molar-refractivity contribution in [2.75, 3.05) is 0 Å². The zero-order chi connectivity index (χ0) is 16.6. The van der Waals surface area contributed by atoms with Crippen LogP contribution in [-0.2, 0) is 10.0 Å². The summed E-state index contributed by atoms with van der Waals surface area (Å²) in [6, 6.07) is 12.0. The van der Waals surface area contributed by atoms with Crippen LogP contribution in [-0.4, -0.2) is 19.9 Å². The molecular weight excluding hydrogens is 310 g/mol. The second-order valence-corrected chi connectivity index (χ2v) is 7.04. The van der Waals surface area contributed by atoms with Crippen molar-refractivity contribution in [1.29, 1.82) is 0 Å². The fourth-order valence-corrected chi connectivity index (χ4v) is 3.82. The quantitative estimate of drug-likeness (QED) is 0.851. The third kappa shape index (κ3) is 2.87. The third-order valence-electron chi connectivity index (χ3n) is 3.69. The minimum atomic E-state index is -3.84. The van der Waals surface area contributed by atoms with Gasteiger partial charge >= 0.3 is 0 Å². The molecule has 4 nitrogen and oxygen atoms in total. The highest BCUT2D eigenvalue weighted by molar-refractivity contribution is 7.90. The lowest BCUT2D eigenvalue weighted by molar-refractivity contribution is 0.104. The van der Waals surface area contributed by atoms with Crippen molar-refractivity contribution in [3.05, 3.63) is 76.9 Å². The van der Waals surface area contributed by atoms with Crippen LogP contribution in [0.5, 0.6) is 0 Å². The molecule has 2 aromatic rings. The number of aryl methyl sites for hydroxylation is 2. The van der Waals surface area contributed by atoms with Gasteiger partial charge in [-0.15, -0.1) is 0 Å². The summed E-state index contributed by atoms with van der Waals surface area (Å²) in [4.78, 5) is 12.0. The number of allylic oxidation sites excluding steroid dienone is 2. The second-order valence-electron chi connectivity index (χ2n) is 5.46. The van der Waals surface area contributed by atoms with Crippen LogP contribution in [0.4, 0.5) is 0 Å². The van der Waals surface area contributed by atoms with E-state index < -0.39 is 10.0 Å². The molecule has 0 heterocycles. The molecular formula is C18H15NO3S. The van der Waals surface area contributed by atoms with Gasteiger partial charge in [0.1, 0.15) is 0 Å². The Labute approximate surface area is 135 Å². The molecule has 0 aromatic heterocycles. The van der Waals surface area contributed by atoms with E-state index in [2.05, 4.69) is 4.40 Å². The molecule has 23 heavy (non-hydrogen) atoms. The van der Waals surface area contributed by atoms with E-state index in [-0.39, 0.29) is 16.4 Å². The summed E-state index contributed by atoms with van der Waals surface area (Å²) < 4.78 is 29.2. The maximum Gasteiger partial charge on any atom is 0.283 e. The van der Waals surface area contributed by atoms with Crippen molar-refractivity contribution in [2.45, 2.75) is 18.7 Å². The molecule has 0 saturated carbocycles. The topological polar surface area (TPSA) is 63.6 Å².